The number of hydrogen-bond donors (Lipinski definition) is 14. The molecule has 424 valence electrons. The molecule has 0 aromatic heterocycles. The van der Waals surface area contributed by atoms with Crippen molar-refractivity contribution in [1.29, 1.82) is 0 Å². The van der Waals surface area contributed by atoms with Gasteiger partial charge in [0.05, 0.1) is 12.2 Å². The van der Waals surface area contributed by atoms with Crippen molar-refractivity contribution in [3.05, 3.63) is 12.2 Å². The van der Waals surface area contributed by atoms with Crippen LogP contribution in [0.15, 0.2) is 12.2 Å². The van der Waals surface area contributed by atoms with E-state index < -0.39 is 136 Å². The van der Waals surface area contributed by atoms with E-state index in [2.05, 4.69) is 47.9 Å². The minimum absolute atomic E-state index is 0.000812. The molecule has 10 amide bonds. The summed E-state index contributed by atoms with van der Waals surface area (Å²) in [7, 11) is 1.34. The number of rotatable bonds is 18. The number of amides is 10. The van der Waals surface area contributed by atoms with Crippen molar-refractivity contribution in [3.63, 3.8) is 0 Å². The number of aliphatic hydroxyl groups is 2. The Labute approximate surface area is 435 Å². The third-order valence-corrected chi connectivity index (χ3v) is 12.3. The molecule has 0 saturated carbocycles. The fourth-order valence-electron chi connectivity index (χ4n) is 7.26. The lowest BCUT2D eigenvalue weighted by atomic mass is 9.91. The van der Waals surface area contributed by atoms with Crippen molar-refractivity contribution in [2.45, 2.75) is 213 Å². The van der Waals surface area contributed by atoms with Gasteiger partial charge in [0.2, 0.25) is 59.1 Å². The number of carbonyl (C=O) groups is 11. The van der Waals surface area contributed by atoms with E-state index in [9.17, 15) is 58.2 Å². The van der Waals surface area contributed by atoms with Crippen LogP contribution in [0.25, 0.3) is 0 Å². The molecule has 25 heteroatoms. The van der Waals surface area contributed by atoms with Gasteiger partial charge in [0.1, 0.15) is 53.4 Å². The third kappa shape index (κ3) is 23.8. The summed E-state index contributed by atoms with van der Waals surface area (Å²) >= 11 is 0. The van der Waals surface area contributed by atoms with E-state index in [-0.39, 0.29) is 38.6 Å². The number of carbonyl (C=O) groups excluding carboxylic acids is 10. The number of aliphatic hydroxyl groups excluding tert-OH is 2. The average molecular weight is 1060 g/mol. The van der Waals surface area contributed by atoms with E-state index in [1.54, 1.807) is 34.6 Å². The van der Waals surface area contributed by atoms with Crippen LogP contribution in [-0.4, -0.2) is 153 Å². The van der Waals surface area contributed by atoms with Crippen molar-refractivity contribution in [1.82, 2.24) is 47.9 Å². The van der Waals surface area contributed by atoms with E-state index >= 15 is 0 Å². The molecule has 74 heavy (non-hydrogen) atoms. The van der Waals surface area contributed by atoms with Crippen LogP contribution >= 0.6 is 0 Å². The summed E-state index contributed by atoms with van der Waals surface area (Å²) in [4.78, 5) is 143. The Hall–Kier alpha value is -6.21. The first-order valence-corrected chi connectivity index (χ1v) is 25.3. The molecule has 12 unspecified atom stereocenters. The Morgan fingerprint density at radius 3 is 1.81 bits per heavy atom. The van der Waals surface area contributed by atoms with Crippen molar-refractivity contribution < 1.29 is 68.1 Å². The van der Waals surface area contributed by atoms with E-state index in [4.69, 9.17) is 21.4 Å². The Kier molecular flexibility index (Phi) is 33.1. The Bertz CT molecular complexity index is 1900. The van der Waals surface area contributed by atoms with Gasteiger partial charge in [0.25, 0.3) is 6.47 Å². The number of carboxylic acid groups (broad SMARTS) is 1. The van der Waals surface area contributed by atoms with Gasteiger partial charge in [-0.05, 0) is 97.8 Å². The van der Waals surface area contributed by atoms with Gasteiger partial charge in [-0.2, -0.15) is 0 Å². The Morgan fingerprint density at radius 2 is 1.34 bits per heavy atom. The number of likely N-dealkylation sites (N-methyl/N-ethyl adjacent to an activating group) is 1. The van der Waals surface area contributed by atoms with Crippen LogP contribution in [0.4, 0.5) is 0 Å². The van der Waals surface area contributed by atoms with Crippen LogP contribution in [-0.2, 0) is 52.7 Å². The lowest BCUT2D eigenvalue weighted by Crippen LogP contribution is -2.65. The molecule has 0 aliphatic carbocycles. The molecule has 0 fully saturated rings. The van der Waals surface area contributed by atoms with Crippen molar-refractivity contribution in [2.24, 2.45) is 23.3 Å². The molecule has 16 N–H and O–H groups in total. The second-order valence-corrected chi connectivity index (χ2v) is 18.9. The van der Waals surface area contributed by atoms with Gasteiger partial charge in [-0.3, -0.25) is 52.7 Å². The largest absolute Gasteiger partial charge is 0.483 e. The smallest absolute Gasteiger partial charge is 0.290 e. The van der Waals surface area contributed by atoms with Gasteiger partial charge in [-0.1, -0.05) is 67.0 Å². The zero-order valence-electron chi connectivity index (χ0n) is 45.6. The molecule has 1 rings (SSSR count). The highest BCUT2D eigenvalue weighted by atomic mass is 16.3. The minimum atomic E-state index is -1.73. The van der Waals surface area contributed by atoms with E-state index in [1.165, 1.54) is 41.7 Å². The highest BCUT2D eigenvalue weighted by Crippen LogP contribution is 2.20. The lowest BCUT2D eigenvalue weighted by molar-refractivity contribution is -0.139. The summed E-state index contributed by atoms with van der Waals surface area (Å²) in [5, 5.41) is 50.5. The molecule has 25 nitrogen and oxygen atoms in total. The van der Waals surface area contributed by atoms with Gasteiger partial charge < -0.3 is 74.6 Å². The molecule has 0 bridgehead atoms. The van der Waals surface area contributed by atoms with Gasteiger partial charge in [0.15, 0.2) is 0 Å². The van der Waals surface area contributed by atoms with Crippen LogP contribution in [0, 0.1) is 11.8 Å². The molecule has 1 aliphatic rings. The highest BCUT2D eigenvalue weighted by molar-refractivity contribution is 6.00. The predicted molar refractivity (Wildman–Crippen MR) is 276 cm³/mol. The molecular weight excluding hydrogens is 967 g/mol. The number of hydrogen-bond acceptors (Lipinski definition) is 14. The number of allylic oxidation sites excluding steroid dienone is 2. The normalized spacial score (nSPS) is 24.4. The number of nitrogens with one attached hydrogen (secondary N) is 9. The molecule has 1 aliphatic heterocycles. The molecule has 0 spiro atoms. The average Bonchev–Trinajstić information content (AvgIpc) is 3.34. The van der Waals surface area contributed by atoms with Gasteiger partial charge in [0, 0.05) is 13.5 Å². The maximum atomic E-state index is 14.3. The third-order valence-electron chi connectivity index (χ3n) is 12.3. The summed E-state index contributed by atoms with van der Waals surface area (Å²) in [5.74, 6) is -8.69. The van der Waals surface area contributed by atoms with Crippen LogP contribution in [0.2, 0.25) is 0 Å². The second kappa shape index (κ2) is 35.1. The molecular formula is C49H89N11O14. The fourth-order valence-corrected chi connectivity index (χ4v) is 7.26. The second-order valence-electron chi connectivity index (χ2n) is 18.9. The summed E-state index contributed by atoms with van der Waals surface area (Å²) in [6, 6.07) is -9.06. The highest BCUT2D eigenvalue weighted by Gasteiger charge is 2.42. The summed E-state index contributed by atoms with van der Waals surface area (Å²) in [6.45, 7) is 19.1. The van der Waals surface area contributed by atoms with Crippen molar-refractivity contribution in [2.75, 3.05) is 7.05 Å². The topological polar surface area (TPSA) is 409 Å². The molecule has 0 saturated heterocycles. The SMILES string of the molecule is CC.CCC1NC(=O)C(C(C)CC)NC(=O)C(C)NC(=O)C(C)(NC(=O)C(CCC(N)=O)NC(=O)C(N)C(C)O)CCC/C=C/CCCC(C)(C(=O)NC(C(=O)NC(C(=O)NC)C(C)O)C(C)C)NC1=O.O=CO. The first kappa shape index (κ1) is 69.9. The molecule has 0 aromatic rings. The van der Waals surface area contributed by atoms with Crippen LogP contribution < -0.4 is 59.3 Å². The Morgan fingerprint density at radius 1 is 0.784 bits per heavy atom. The standard InChI is InChI=1S/C46H81N11O12.C2H6.CH2O2/c1-12-25(5)34-42(67)51-29(13-2)37(62)56-46(10,44(69)55-33(24(3)4)41(66)54-35(28(8)59)40(65)49-11)23-19-17-15-14-16-18-22-45(9,43(68)50-26(6)36(61)53-34)57-38(63)30(20-21-31(47)60)52-39(64)32(48)27(7)58;1-2;2-1-3/h14-15,24-30,32-35,58-59H,12-13,16-23,48H2,1-11H3,(H2,47,60)(H,49,65)(H,50,68)(H,51,67)(H,52,64)(H,53,61)(H,54,66)(H,55,69)(H,56,62)(H,57,63);1-2H3;1H,(H,2,3)/b15-14+;;. The van der Waals surface area contributed by atoms with E-state index in [1.807, 2.05) is 26.0 Å². The van der Waals surface area contributed by atoms with E-state index in [0.29, 0.717) is 32.1 Å². The summed E-state index contributed by atoms with van der Waals surface area (Å²) < 4.78 is 0. The molecule has 12 atom stereocenters. The molecule has 0 radical (unpaired) electrons. The number of primary amides is 1. The predicted octanol–water partition coefficient (Wildman–Crippen LogP) is -1.49. The minimum Gasteiger partial charge on any atom is -0.483 e. The first-order chi connectivity index (χ1) is 34.5. The van der Waals surface area contributed by atoms with E-state index in [0.717, 1.165) is 0 Å². The quantitative estimate of drug-likeness (QED) is 0.0550. The molecule has 1 heterocycles. The zero-order valence-corrected chi connectivity index (χ0v) is 45.6. The van der Waals surface area contributed by atoms with Crippen molar-refractivity contribution >= 4 is 65.5 Å². The summed E-state index contributed by atoms with van der Waals surface area (Å²) in [5.41, 5.74) is 7.73. The molecule has 0 aromatic carbocycles. The lowest BCUT2D eigenvalue weighted by Gasteiger charge is -2.34. The fraction of sp³-hybridized carbons (Fsp3) is 0.735. The zero-order chi connectivity index (χ0) is 57.7. The summed E-state index contributed by atoms with van der Waals surface area (Å²) in [6.07, 6.45) is 2.42. The van der Waals surface area contributed by atoms with Crippen LogP contribution in [0.1, 0.15) is 147 Å². The monoisotopic (exact) mass is 1060 g/mol. The van der Waals surface area contributed by atoms with Gasteiger partial charge >= 0.3 is 0 Å². The number of nitrogens with two attached hydrogens (primary N) is 2. The van der Waals surface area contributed by atoms with Crippen LogP contribution in [0.3, 0.4) is 0 Å². The van der Waals surface area contributed by atoms with Crippen molar-refractivity contribution in [3.8, 4) is 0 Å². The van der Waals surface area contributed by atoms with Gasteiger partial charge in [-0.25, -0.2) is 0 Å². The van der Waals surface area contributed by atoms with Crippen LogP contribution in [0.5, 0.6) is 0 Å². The van der Waals surface area contributed by atoms with Gasteiger partial charge in [-0.15, -0.1) is 0 Å². The maximum absolute atomic E-state index is 14.3. The maximum Gasteiger partial charge on any atom is 0.290 e. The first-order valence-electron chi connectivity index (χ1n) is 25.3. The Balaban J connectivity index is 0.